The van der Waals surface area contributed by atoms with Gasteiger partial charge in [0, 0.05) is 38.3 Å². The lowest BCUT2D eigenvalue weighted by Crippen LogP contribution is -2.47. The molecule has 3 nitrogen and oxygen atoms in total. The maximum atomic E-state index is 13.8. The van der Waals surface area contributed by atoms with Crippen LogP contribution in [0, 0.1) is 5.82 Å². The zero-order valence-corrected chi connectivity index (χ0v) is 12.4. The number of halogens is 2. The zero-order valence-electron chi connectivity index (χ0n) is 11.7. The molecule has 1 aromatic carbocycles. The first-order chi connectivity index (χ1) is 10.3. The number of para-hydroxylation sites is 1. The van der Waals surface area contributed by atoms with Crippen molar-refractivity contribution in [2.75, 3.05) is 36.0 Å². The molecule has 1 aromatic heterocycles. The molecule has 1 fully saturated rings. The summed E-state index contributed by atoms with van der Waals surface area (Å²) >= 11 is 5.77. The number of anilines is 2. The van der Waals surface area contributed by atoms with E-state index in [4.69, 9.17) is 11.6 Å². The third-order valence-corrected chi connectivity index (χ3v) is 4.07. The standard InChI is InChI=1S/C16H17ClFN3/c17-11-13-5-6-16(19-12-13)21-9-7-20(8-10-21)15-4-2-1-3-14(15)18/h1-6,12H,7-11H2. The number of hydrogen-bond acceptors (Lipinski definition) is 3. The number of hydrogen-bond donors (Lipinski definition) is 0. The van der Waals surface area contributed by atoms with Gasteiger partial charge in [0.15, 0.2) is 0 Å². The van der Waals surface area contributed by atoms with Crippen molar-refractivity contribution in [1.29, 1.82) is 0 Å². The molecule has 0 unspecified atom stereocenters. The normalized spacial score (nSPS) is 15.3. The van der Waals surface area contributed by atoms with E-state index in [0.29, 0.717) is 11.6 Å². The van der Waals surface area contributed by atoms with Gasteiger partial charge in [-0.3, -0.25) is 0 Å². The van der Waals surface area contributed by atoms with Crippen molar-refractivity contribution in [3.63, 3.8) is 0 Å². The lowest BCUT2D eigenvalue weighted by atomic mass is 10.2. The number of nitrogens with zero attached hydrogens (tertiary/aromatic N) is 3. The molecule has 0 radical (unpaired) electrons. The van der Waals surface area contributed by atoms with Gasteiger partial charge in [-0.1, -0.05) is 18.2 Å². The van der Waals surface area contributed by atoms with Gasteiger partial charge in [0.25, 0.3) is 0 Å². The third kappa shape index (κ3) is 3.10. The lowest BCUT2D eigenvalue weighted by molar-refractivity contribution is 0.596. The monoisotopic (exact) mass is 305 g/mol. The summed E-state index contributed by atoms with van der Waals surface area (Å²) in [4.78, 5) is 8.74. The van der Waals surface area contributed by atoms with E-state index >= 15 is 0 Å². The fraction of sp³-hybridized carbons (Fsp3) is 0.312. The van der Waals surface area contributed by atoms with Gasteiger partial charge in [0.2, 0.25) is 0 Å². The van der Waals surface area contributed by atoms with Gasteiger partial charge < -0.3 is 9.80 Å². The number of aromatic nitrogens is 1. The van der Waals surface area contributed by atoms with Crippen LogP contribution in [0.4, 0.5) is 15.9 Å². The number of benzene rings is 1. The van der Waals surface area contributed by atoms with Crippen LogP contribution in [0.3, 0.4) is 0 Å². The summed E-state index contributed by atoms with van der Waals surface area (Å²) in [6.45, 7) is 3.25. The predicted molar refractivity (Wildman–Crippen MR) is 84.6 cm³/mol. The summed E-state index contributed by atoms with van der Waals surface area (Å²) in [6, 6.07) is 10.9. The number of alkyl halides is 1. The van der Waals surface area contributed by atoms with Gasteiger partial charge >= 0.3 is 0 Å². The van der Waals surface area contributed by atoms with E-state index < -0.39 is 0 Å². The minimum atomic E-state index is -0.157. The highest BCUT2D eigenvalue weighted by atomic mass is 35.5. The van der Waals surface area contributed by atoms with Crippen molar-refractivity contribution >= 4 is 23.1 Å². The summed E-state index contributed by atoms with van der Waals surface area (Å²) in [5.74, 6) is 1.28. The van der Waals surface area contributed by atoms with Gasteiger partial charge in [-0.05, 0) is 23.8 Å². The Balaban J connectivity index is 1.66. The highest BCUT2D eigenvalue weighted by Gasteiger charge is 2.19. The molecular weight excluding hydrogens is 289 g/mol. The fourth-order valence-electron chi connectivity index (χ4n) is 2.57. The quantitative estimate of drug-likeness (QED) is 0.811. The van der Waals surface area contributed by atoms with E-state index in [1.54, 1.807) is 6.07 Å². The van der Waals surface area contributed by atoms with Gasteiger partial charge in [-0.15, -0.1) is 11.6 Å². The van der Waals surface area contributed by atoms with Crippen LogP contribution in [0.5, 0.6) is 0 Å². The SMILES string of the molecule is Fc1ccccc1N1CCN(c2ccc(CCl)cn2)CC1. The fourth-order valence-corrected chi connectivity index (χ4v) is 2.73. The van der Waals surface area contributed by atoms with E-state index in [0.717, 1.165) is 37.6 Å². The molecule has 0 spiro atoms. The van der Waals surface area contributed by atoms with Gasteiger partial charge in [-0.25, -0.2) is 9.37 Å². The van der Waals surface area contributed by atoms with Crippen LogP contribution in [-0.4, -0.2) is 31.2 Å². The molecule has 110 valence electrons. The molecule has 0 atom stereocenters. The molecule has 0 bridgehead atoms. The van der Waals surface area contributed by atoms with E-state index in [9.17, 15) is 4.39 Å². The van der Waals surface area contributed by atoms with Gasteiger partial charge in [0.1, 0.15) is 11.6 Å². The predicted octanol–water partition coefficient (Wildman–Crippen LogP) is 3.29. The molecule has 0 aliphatic carbocycles. The molecule has 0 saturated carbocycles. The van der Waals surface area contributed by atoms with Crippen molar-refractivity contribution in [2.24, 2.45) is 0 Å². The van der Waals surface area contributed by atoms with Crippen LogP contribution in [0.1, 0.15) is 5.56 Å². The minimum absolute atomic E-state index is 0.157. The average molecular weight is 306 g/mol. The first-order valence-electron chi connectivity index (χ1n) is 7.03. The van der Waals surface area contributed by atoms with Crippen LogP contribution in [-0.2, 0) is 5.88 Å². The Bertz CT molecular complexity index is 595. The highest BCUT2D eigenvalue weighted by molar-refractivity contribution is 6.17. The Morgan fingerprint density at radius 1 is 1.00 bits per heavy atom. The van der Waals surface area contributed by atoms with Gasteiger partial charge in [0.05, 0.1) is 5.69 Å². The molecule has 3 rings (SSSR count). The summed E-state index contributed by atoms with van der Waals surface area (Å²) in [5, 5.41) is 0. The van der Waals surface area contributed by atoms with Crippen molar-refractivity contribution in [2.45, 2.75) is 5.88 Å². The zero-order chi connectivity index (χ0) is 14.7. The van der Waals surface area contributed by atoms with E-state index in [-0.39, 0.29) is 5.82 Å². The summed E-state index contributed by atoms with van der Waals surface area (Å²) in [6.07, 6.45) is 1.81. The lowest BCUT2D eigenvalue weighted by Gasteiger charge is -2.36. The minimum Gasteiger partial charge on any atom is -0.366 e. The average Bonchev–Trinajstić information content (AvgIpc) is 2.56. The van der Waals surface area contributed by atoms with Crippen LogP contribution >= 0.6 is 11.6 Å². The Hall–Kier alpha value is -1.81. The summed E-state index contributed by atoms with van der Waals surface area (Å²) < 4.78 is 13.8. The second-order valence-corrected chi connectivity index (χ2v) is 5.35. The molecule has 1 aliphatic rings. The number of rotatable bonds is 3. The van der Waals surface area contributed by atoms with Crippen molar-refractivity contribution in [3.8, 4) is 0 Å². The van der Waals surface area contributed by atoms with Crippen LogP contribution in [0.2, 0.25) is 0 Å². The van der Waals surface area contributed by atoms with E-state index in [2.05, 4.69) is 14.8 Å². The second-order valence-electron chi connectivity index (χ2n) is 5.08. The van der Waals surface area contributed by atoms with Crippen LogP contribution < -0.4 is 9.80 Å². The Labute approximate surface area is 129 Å². The molecule has 5 heteroatoms. The van der Waals surface area contributed by atoms with Crippen LogP contribution in [0.25, 0.3) is 0 Å². The Morgan fingerprint density at radius 3 is 2.33 bits per heavy atom. The summed E-state index contributed by atoms with van der Waals surface area (Å²) in [5.41, 5.74) is 1.70. The van der Waals surface area contributed by atoms with Crippen molar-refractivity contribution < 1.29 is 4.39 Å². The second kappa shape index (κ2) is 6.31. The first-order valence-corrected chi connectivity index (χ1v) is 7.56. The van der Waals surface area contributed by atoms with Crippen molar-refractivity contribution in [3.05, 3.63) is 54.0 Å². The molecule has 1 saturated heterocycles. The van der Waals surface area contributed by atoms with Crippen molar-refractivity contribution in [1.82, 2.24) is 4.98 Å². The Morgan fingerprint density at radius 2 is 1.71 bits per heavy atom. The molecule has 0 N–H and O–H groups in total. The first kappa shape index (κ1) is 14.1. The molecular formula is C16H17ClFN3. The maximum absolute atomic E-state index is 13.8. The molecule has 1 aliphatic heterocycles. The molecule has 0 amide bonds. The third-order valence-electron chi connectivity index (χ3n) is 3.76. The maximum Gasteiger partial charge on any atom is 0.146 e. The van der Waals surface area contributed by atoms with E-state index in [1.165, 1.54) is 6.07 Å². The van der Waals surface area contributed by atoms with Crippen LogP contribution in [0.15, 0.2) is 42.6 Å². The molecule has 2 heterocycles. The van der Waals surface area contributed by atoms with E-state index in [1.807, 2.05) is 30.5 Å². The molecule has 2 aromatic rings. The molecule has 21 heavy (non-hydrogen) atoms. The Kier molecular flexibility index (Phi) is 4.25. The summed E-state index contributed by atoms with van der Waals surface area (Å²) in [7, 11) is 0. The topological polar surface area (TPSA) is 19.4 Å². The van der Waals surface area contributed by atoms with Gasteiger partial charge in [-0.2, -0.15) is 0 Å². The number of pyridine rings is 1. The highest BCUT2D eigenvalue weighted by Crippen LogP contribution is 2.22. The number of piperazine rings is 1. The largest absolute Gasteiger partial charge is 0.366 e. The smallest absolute Gasteiger partial charge is 0.146 e.